The van der Waals surface area contributed by atoms with Gasteiger partial charge in [-0.25, -0.2) is 4.79 Å². The van der Waals surface area contributed by atoms with E-state index in [4.69, 9.17) is 5.11 Å². The van der Waals surface area contributed by atoms with Crippen molar-refractivity contribution in [1.29, 1.82) is 0 Å². The zero-order valence-electron chi connectivity index (χ0n) is 7.31. The molecular formula is C9H6F3IO2. The van der Waals surface area contributed by atoms with E-state index >= 15 is 0 Å². The Hall–Kier alpha value is -0.790. The van der Waals surface area contributed by atoms with Crippen LogP contribution in [0, 0.1) is 3.57 Å². The smallest absolute Gasteiger partial charge is 0.393 e. The topological polar surface area (TPSA) is 37.3 Å². The third kappa shape index (κ3) is 3.69. The van der Waals surface area contributed by atoms with E-state index in [-0.39, 0.29) is 11.1 Å². The molecule has 0 aromatic heterocycles. The van der Waals surface area contributed by atoms with Gasteiger partial charge in [0.25, 0.3) is 0 Å². The van der Waals surface area contributed by atoms with Crippen molar-refractivity contribution in [3.63, 3.8) is 0 Å². The van der Waals surface area contributed by atoms with Crippen LogP contribution in [0.1, 0.15) is 15.9 Å². The molecule has 1 aromatic carbocycles. The van der Waals surface area contributed by atoms with Gasteiger partial charge < -0.3 is 5.11 Å². The summed E-state index contributed by atoms with van der Waals surface area (Å²) in [5, 5.41) is 8.66. The predicted molar refractivity (Wildman–Crippen MR) is 55.9 cm³/mol. The van der Waals surface area contributed by atoms with E-state index in [1.165, 1.54) is 18.2 Å². The van der Waals surface area contributed by atoms with E-state index < -0.39 is 18.6 Å². The van der Waals surface area contributed by atoms with Crippen LogP contribution >= 0.6 is 22.6 Å². The molecule has 0 bridgehead atoms. The molecule has 0 heterocycles. The number of alkyl halides is 3. The second-order valence-corrected chi connectivity index (χ2v) is 4.07. The van der Waals surface area contributed by atoms with Crippen molar-refractivity contribution in [2.24, 2.45) is 0 Å². The normalized spacial score (nSPS) is 11.5. The minimum atomic E-state index is -4.27. The van der Waals surface area contributed by atoms with Gasteiger partial charge in [-0.15, -0.1) is 0 Å². The van der Waals surface area contributed by atoms with E-state index in [9.17, 15) is 18.0 Å². The molecule has 0 aliphatic heterocycles. The largest absolute Gasteiger partial charge is 0.478 e. The van der Waals surface area contributed by atoms with E-state index in [0.29, 0.717) is 3.57 Å². The Balaban J connectivity index is 2.97. The first kappa shape index (κ1) is 12.3. The zero-order valence-corrected chi connectivity index (χ0v) is 9.46. The summed E-state index contributed by atoms with van der Waals surface area (Å²) < 4.78 is 36.3. The van der Waals surface area contributed by atoms with Gasteiger partial charge in [0.2, 0.25) is 0 Å². The molecule has 0 saturated heterocycles. The van der Waals surface area contributed by atoms with Gasteiger partial charge in [0.15, 0.2) is 0 Å². The maximum atomic E-state index is 12.0. The van der Waals surface area contributed by atoms with Gasteiger partial charge in [0.1, 0.15) is 0 Å². The molecular weight excluding hydrogens is 324 g/mol. The molecule has 0 radical (unpaired) electrons. The fourth-order valence-corrected chi connectivity index (χ4v) is 1.88. The highest BCUT2D eigenvalue weighted by atomic mass is 127. The standard InChI is InChI=1S/C9H6F3IO2/c10-9(11,12)4-5-1-2-6(8(14)15)7(13)3-5/h1-3H,4H2,(H,14,15). The minimum Gasteiger partial charge on any atom is -0.478 e. The van der Waals surface area contributed by atoms with Gasteiger partial charge in [-0.2, -0.15) is 13.2 Å². The molecule has 1 N–H and O–H groups in total. The quantitative estimate of drug-likeness (QED) is 0.846. The summed E-state index contributed by atoms with van der Waals surface area (Å²) in [6.45, 7) is 0. The fraction of sp³-hybridized carbons (Fsp3) is 0.222. The number of benzene rings is 1. The molecule has 1 aromatic rings. The number of rotatable bonds is 2. The van der Waals surface area contributed by atoms with Crippen LogP contribution in [-0.4, -0.2) is 17.3 Å². The highest BCUT2D eigenvalue weighted by Gasteiger charge is 2.27. The summed E-state index contributed by atoms with van der Waals surface area (Å²) in [7, 11) is 0. The van der Waals surface area contributed by atoms with E-state index in [1.807, 2.05) is 0 Å². The highest BCUT2D eigenvalue weighted by molar-refractivity contribution is 14.1. The third-order valence-corrected chi connectivity index (χ3v) is 2.56. The Bertz CT molecular complexity index is 387. The number of hydrogen-bond donors (Lipinski definition) is 1. The molecule has 0 saturated carbocycles. The first-order chi connectivity index (χ1) is 6.79. The predicted octanol–water partition coefficient (Wildman–Crippen LogP) is 3.09. The summed E-state index contributed by atoms with van der Waals surface area (Å²) in [6, 6.07) is 3.60. The maximum absolute atomic E-state index is 12.0. The van der Waals surface area contributed by atoms with Crippen LogP contribution < -0.4 is 0 Å². The summed E-state index contributed by atoms with van der Waals surface area (Å²) >= 11 is 1.70. The van der Waals surface area contributed by atoms with Crippen LogP contribution in [0.25, 0.3) is 0 Å². The van der Waals surface area contributed by atoms with Crippen LogP contribution in [0.15, 0.2) is 18.2 Å². The Morgan fingerprint density at radius 2 is 2.00 bits per heavy atom. The lowest BCUT2D eigenvalue weighted by Gasteiger charge is -2.07. The summed E-state index contributed by atoms with van der Waals surface area (Å²) in [6.07, 6.45) is -5.31. The number of carboxylic acid groups (broad SMARTS) is 1. The van der Waals surface area contributed by atoms with Gasteiger partial charge in [-0.3, -0.25) is 0 Å². The molecule has 6 heteroatoms. The molecule has 0 spiro atoms. The van der Waals surface area contributed by atoms with Crippen molar-refractivity contribution in [3.05, 3.63) is 32.9 Å². The molecule has 2 nitrogen and oxygen atoms in total. The second-order valence-electron chi connectivity index (χ2n) is 2.91. The molecule has 0 fully saturated rings. The molecule has 0 unspecified atom stereocenters. The molecule has 1 rings (SSSR count). The second kappa shape index (κ2) is 4.38. The van der Waals surface area contributed by atoms with Crippen molar-refractivity contribution in [2.45, 2.75) is 12.6 Å². The highest BCUT2D eigenvalue weighted by Crippen LogP contribution is 2.23. The third-order valence-electron chi connectivity index (χ3n) is 1.67. The lowest BCUT2D eigenvalue weighted by molar-refractivity contribution is -0.127. The van der Waals surface area contributed by atoms with Crippen LogP contribution in [0.5, 0.6) is 0 Å². The number of hydrogen-bond acceptors (Lipinski definition) is 1. The van der Waals surface area contributed by atoms with Gasteiger partial charge in [0, 0.05) is 3.57 Å². The number of aromatic carboxylic acids is 1. The Morgan fingerprint density at radius 1 is 1.40 bits per heavy atom. The van der Waals surface area contributed by atoms with E-state index in [2.05, 4.69) is 0 Å². The zero-order chi connectivity index (χ0) is 11.6. The average molecular weight is 330 g/mol. The first-order valence-electron chi connectivity index (χ1n) is 3.88. The molecule has 0 amide bonds. The fourth-order valence-electron chi connectivity index (χ4n) is 1.07. The van der Waals surface area contributed by atoms with Crippen molar-refractivity contribution in [1.82, 2.24) is 0 Å². The van der Waals surface area contributed by atoms with E-state index in [1.54, 1.807) is 22.6 Å². The lowest BCUT2D eigenvalue weighted by Crippen LogP contribution is -2.12. The van der Waals surface area contributed by atoms with Crippen LogP contribution in [-0.2, 0) is 6.42 Å². The summed E-state index contributed by atoms with van der Waals surface area (Å²) in [4.78, 5) is 10.6. The van der Waals surface area contributed by atoms with Gasteiger partial charge >= 0.3 is 12.1 Å². The maximum Gasteiger partial charge on any atom is 0.393 e. The van der Waals surface area contributed by atoms with Gasteiger partial charge in [0.05, 0.1) is 12.0 Å². The molecule has 0 aliphatic carbocycles. The Morgan fingerprint density at radius 3 is 2.40 bits per heavy atom. The number of carbonyl (C=O) groups is 1. The SMILES string of the molecule is O=C(O)c1ccc(CC(F)(F)F)cc1I. The minimum absolute atomic E-state index is 0.0153. The van der Waals surface area contributed by atoms with Crippen LogP contribution in [0.2, 0.25) is 0 Å². The Kier molecular flexibility index (Phi) is 3.58. The summed E-state index contributed by atoms with van der Waals surface area (Å²) in [5.41, 5.74) is 0.0819. The number of halogens is 4. The van der Waals surface area contributed by atoms with Crippen molar-refractivity contribution >= 4 is 28.6 Å². The van der Waals surface area contributed by atoms with E-state index in [0.717, 1.165) is 0 Å². The Labute approximate surface area is 97.2 Å². The monoisotopic (exact) mass is 330 g/mol. The van der Waals surface area contributed by atoms with Crippen LogP contribution in [0.3, 0.4) is 0 Å². The summed E-state index contributed by atoms with van der Waals surface area (Å²) in [5.74, 6) is -1.14. The number of carboxylic acids is 1. The van der Waals surface area contributed by atoms with Crippen molar-refractivity contribution in [3.8, 4) is 0 Å². The molecule has 15 heavy (non-hydrogen) atoms. The lowest BCUT2D eigenvalue weighted by atomic mass is 10.1. The molecule has 82 valence electrons. The van der Waals surface area contributed by atoms with Gasteiger partial charge in [-0.1, -0.05) is 6.07 Å². The molecule has 0 aliphatic rings. The average Bonchev–Trinajstić information content (AvgIpc) is 1.99. The van der Waals surface area contributed by atoms with Crippen molar-refractivity contribution in [2.75, 3.05) is 0 Å². The first-order valence-corrected chi connectivity index (χ1v) is 4.96. The van der Waals surface area contributed by atoms with Gasteiger partial charge in [-0.05, 0) is 40.3 Å². The van der Waals surface area contributed by atoms with Crippen molar-refractivity contribution < 1.29 is 23.1 Å². The molecule has 0 atom stereocenters. The van der Waals surface area contributed by atoms with Crippen LogP contribution in [0.4, 0.5) is 13.2 Å².